The molecule has 17 nitrogen and oxygen atoms in total. The Labute approximate surface area is 411 Å². The number of likely N-dealkylation sites (N-methyl/N-ethyl adjacent to an activating group) is 1. The number of aromatic nitrogens is 9. The van der Waals surface area contributed by atoms with Crippen molar-refractivity contribution in [2.75, 3.05) is 55.4 Å². The van der Waals surface area contributed by atoms with Crippen LogP contribution in [-0.2, 0) is 13.6 Å². The fourth-order valence-electron chi connectivity index (χ4n) is 7.64. The molecule has 2 amide bonds. The van der Waals surface area contributed by atoms with Gasteiger partial charge in [0, 0.05) is 101 Å². The molecule has 9 aromatic rings. The molecule has 1 aliphatic heterocycles. The zero-order chi connectivity index (χ0) is 50.6. The number of hydrogen-bond donors (Lipinski definition) is 3. The SMILES string of the molecule is CN(C(=O)c1nn(C)cc1-c1ccncc1)c1ccc(F)cc1.CN1CCN(c2n[nH]c(C(=O)Nc3ccc(F)cc3)c2-c2ccncc2)CC1.O=[N+](Cc1ccc(F)cc1)c1[nH]ncc1-c1ccncc1. The van der Waals surface area contributed by atoms with Crippen LogP contribution in [0, 0.1) is 22.4 Å². The van der Waals surface area contributed by atoms with E-state index in [4.69, 9.17) is 0 Å². The number of carbonyl (C=O) groups excluding carboxylic acids is 2. The quantitative estimate of drug-likeness (QED) is 0.105. The molecule has 0 aliphatic carbocycles. The number of amides is 2. The lowest BCUT2D eigenvalue weighted by Gasteiger charge is -2.33. The third-order valence-electron chi connectivity index (χ3n) is 11.5. The van der Waals surface area contributed by atoms with Crippen LogP contribution >= 0.6 is 0 Å². The molecule has 0 unspecified atom stereocenters. The minimum atomic E-state index is -0.352. The summed E-state index contributed by atoms with van der Waals surface area (Å²) in [4.78, 5) is 55.9. The third-order valence-corrected chi connectivity index (χ3v) is 11.5. The highest BCUT2D eigenvalue weighted by molar-refractivity contribution is 6.09. The summed E-state index contributed by atoms with van der Waals surface area (Å²) >= 11 is 0. The molecule has 0 radical (unpaired) electrons. The van der Waals surface area contributed by atoms with Gasteiger partial charge in [-0.2, -0.15) is 10.2 Å². The van der Waals surface area contributed by atoms with Gasteiger partial charge in [-0.05, 0) is 131 Å². The van der Waals surface area contributed by atoms with Gasteiger partial charge in [0.15, 0.2) is 18.1 Å². The van der Waals surface area contributed by atoms with Crippen LogP contribution in [0.3, 0.4) is 0 Å². The lowest BCUT2D eigenvalue weighted by Crippen LogP contribution is -2.44. The fraction of sp³-hybridized carbons (Fsp3) is 0.154. The van der Waals surface area contributed by atoms with Crippen molar-refractivity contribution in [1.29, 1.82) is 0 Å². The van der Waals surface area contributed by atoms with Gasteiger partial charge in [-0.25, -0.2) is 13.2 Å². The first-order valence-electron chi connectivity index (χ1n) is 22.5. The molecule has 20 heteroatoms. The van der Waals surface area contributed by atoms with E-state index >= 15 is 0 Å². The molecule has 1 fully saturated rings. The van der Waals surface area contributed by atoms with Crippen LogP contribution in [-0.4, -0.2) is 107 Å². The molecule has 0 bridgehead atoms. The number of aryl methyl sites for hydroxylation is 1. The monoisotopic (exact) mass is 973 g/mol. The van der Waals surface area contributed by atoms with Crippen LogP contribution < -0.4 is 15.1 Å². The van der Waals surface area contributed by atoms with Crippen LogP contribution in [0.15, 0.2) is 159 Å². The van der Waals surface area contributed by atoms with Gasteiger partial charge in [-0.3, -0.25) is 34.3 Å². The summed E-state index contributed by atoms with van der Waals surface area (Å²) in [5.74, 6) is -0.487. The van der Waals surface area contributed by atoms with Crippen LogP contribution in [0.4, 0.5) is 36.2 Å². The van der Waals surface area contributed by atoms with Crippen molar-refractivity contribution in [1.82, 2.24) is 50.0 Å². The van der Waals surface area contributed by atoms with Crippen molar-refractivity contribution in [3.8, 4) is 33.4 Å². The van der Waals surface area contributed by atoms with E-state index in [-0.39, 0.29) is 35.8 Å². The first-order valence-corrected chi connectivity index (χ1v) is 22.5. The number of nitrogens with one attached hydrogen (secondary N) is 3. The van der Waals surface area contributed by atoms with Gasteiger partial charge in [-0.15, -0.1) is 5.10 Å². The number of pyridine rings is 3. The normalized spacial score (nSPS) is 12.2. The van der Waals surface area contributed by atoms with Crippen molar-refractivity contribution in [2.45, 2.75) is 6.54 Å². The maximum absolute atomic E-state index is 13.1. The van der Waals surface area contributed by atoms with Crippen molar-refractivity contribution in [2.24, 2.45) is 7.05 Å². The van der Waals surface area contributed by atoms with E-state index < -0.39 is 0 Å². The molecule has 3 N–H and O–H groups in total. The van der Waals surface area contributed by atoms with Crippen molar-refractivity contribution in [3.63, 3.8) is 0 Å². The number of piperazine rings is 1. The van der Waals surface area contributed by atoms with E-state index in [2.05, 4.69) is 62.6 Å². The highest BCUT2D eigenvalue weighted by Crippen LogP contribution is 2.33. The predicted octanol–water partition coefficient (Wildman–Crippen LogP) is 8.73. The first kappa shape index (κ1) is 49.3. The molecule has 10 rings (SSSR count). The van der Waals surface area contributed by atoms with E-state index in [1.165, 1.54) is 53.4 Å². The first-order chi connectivity index (χ1) is 34.9. The maximum Gasteiger partial charge on any atom is 0.348 e. The van der Waals surface area contributed by atoms with Gasteiger partial charge in [-0.1, -0.05) is 22.1 Å². The van der Waals surface area contributed by atoms with E-state index in [1.807, 2.05) is 24.3 Å². The van der Waals surface area contributed by atoms with Gasteiger partial charge in [0.2, 0.25) is 0 Å². The topological polar surface area (TPSA) is 190 Å². The summed E-state index contributed by atoms with van der Waals surface area (Å²) < 4.78 is 41.4. The van der Waals surface area contributed by atoms with Crippen LogP contribution in [0.2, 0.25) is 0 Å². The number of aromatic amines is 2. The second kappa shape index (κ2) is 23.0. The van der Waals surface area contributed by atoms with E-state index in [9.17, 15) is 27.7 Å². The number of nitrogens with zero attached hydrogens (tertiary/aromatic N) is 11. The molecule has 3 aromatic carbocycles. The standard InChI is InChI=1S/C20H21FN6O.C17H15FN4O.C15H12FN4O/c1-26-10-12-27(13-11-26)19-17(14-6-8-22-9-7-14)18(24-25-19)20(28)23-16-4-2-15(21)3-5-16;1-21-11-15(12-7-9-19-10-8-12)16(20-21)17(23)22(2)14-5-3-13(18)4-6-14;16-13-3-1-11(2-4-13)10-20(21)15-14(9-18-19-15)12-5-7-17-8-6-12/h2-9H,10-13H2,1H3,(H,23,28)(H,24,25);3-11H,1-2H3;1-9H,10H2,(H,18,19)/q;;+1. The van der Waals surface area contributed by atoms with Crippen LogP contribution in [0.1, 0.15) is 26.5 Å². The number of nitroso groups, excluding NO2 is 1. The van der Waals surface area contributed by atoms with Crippen molar-refractivity contribution >= 4 is 34.8 Å². The lowest BCUT2D eigenvalue weighted by atomic mass is 10.1. The van der Waals surface area contributed by atoms with Gasteiger partial charge in [0.1, 0.15) is 23.1 Å². The lowest BCUT2D eigenvalue weighted by molar-refractivity contribution is -0.483. The molecule has 72 heavy (non-hydrogen) atoms. The summed E-state index contributed by atoms with van der Waals surface area (Å²) in [5, 5.41) is 21.1. The second-order valence-corrected chi connectivity index (χ2v) is 16.5. The minimum absolute atomic E-state index is 0.112. The molecule has 7 heterocycles. The Hall–Kier alpha value is -9.17. The van der Waals surface area contributed by atoms with E-state index in [1.54, 1.807) is 105 Å². The molecule has 6 aromatic heterocycles. The van der Waals surface area contributed by atoms with Gasteiger partial charge in [0.25, 0.3) is 11.8 Å². The number of hydrogen-bond acceptors (Lipinski definition) is 11. The van der Waals surface area contributed by atoms with Crippen LogP contribution in [0.5, 0.6) is 0 Å². The number of benzene rings is 3. The van der Waals surface area contributed by atoms with Crippen LogP contribution in [0.25, 0.3) is 33.4 Å². The molecule has 364 valence electrons. The summed E-state index contributed by atoms with van der Waals surface area (Å²) in [5.41, 5.74) is 7.30. The predicted molar refractivity (Wildman–Crippen MR) is 267 cm³/mol. The molecule has 0 atom stereocenters. The summed E-state index contributed by atoms with van der Waals surface area (Å²) in [7, 11) is 5.49. The number of H-pyrrole nitrogens is 2. The number of rotatable bonds is 11. The summed E-state index contributed by atoms with van der Waals surface area (Å²) in [6.07, 6.45) is 13.4. The Balaban J connectivity index is 0.000000146. The number of anilines is 3. The Morgan fingerprint density at radius 1 is 0.681 bits per heavy atom. The second-order valence-electron chi connectivity index (χ2n) is 16.5. The maximum atomic E-state index is 13.1. The molecule has 0 saturated carbocycles. The number of halogens is 3. The third kappa shape index (κ3) is 12.2. The largest absolute Gasteiger partial charge is 0.352 e. The highest BCUT2D eigenvalue weighted by Gasteiger charge is 2.27. The zero-order valence-electron chi connectivity index (χ0n) is 39.3. The summed E-state index contributed by atoms with van der Waals surface area (Å²) in [6, 6.07) is 28.2. The highest BCUT2D eigenvalue weighted by atomic mass is 19.1. The molecule has 1 aliphatic rings. The average Bonchev–Trinajstić information content (AvgIpc) is 4.19. The Morgan fingerprint density at radius 2 is 1.21 bits per heavy atom. The molecular formula is C52H48F3N14O3+. The van der Waals surface area contributed by atoms with E-state index in [0.717, 1.165) is 70.1 Å². The molecular weight excluding hydrogens is 926 g/mol. The smallest absolute Gasteiger partial charge is 0.348 e. The van der Waals surface area contributed by atoms with Gasteiger partial charge in [0.05, 0.1) is 17.3 Å². The molecule has 0 spiro atoms. The Kier molecular flexibility index (Phi) is 15.7. The molecule has 1 saturated heterocycles. The minimum Gasteiger partial charge on any atom is -0.352 e. The van der Waals surface area contributed by atoms with Gasteiger partial charge >= 0.3 is 5.82 Å². The average molecular weight is 974 g/mol. The van der Waals surface area contributed by atoms with Crippen molar-refractivity contribution in [3.05, 3.63) is 198 Å². The Bertz CT molecular complexity index is 3220. The Morgan fingerprint density at radius 3 is 1.79 bits per heavy atom. The zero-order valence-corrected chi connectivity index (χ0v) is 39.3. The number of carbonyl (C=O) groups is 2. The van der Waals surface area contributed by atoms with E-state index in [0.29, 0.717) is 34.1 Å². The van der Waals surface area contributed by atoms with Crippen molar-refractivity contribution < 1.29 is 27.5 Å². The fourth-order valence-corrected chi connectivity index (χ4v) is 7.64. The summed E-state index contributed by atoms with van der Waals surface area (Å²) in [6.45, 7) is 3.64. The van der Waals surface area contributed by atoms with Gasteiger partial charge < -0.3 is 20.0 Å².